The van der Waals surface area contributed by atoms with Crippen LogP contribution in [-0.2, 0) is 24.3 Å². The summed E-state index contributed by atoms with van der Waals surface area (Å²) in [6.45, 7) is 3.54. The van der Waals surface area contributed by atoms with E-state index in [-0.39, 0.29) is 60.2 Å². The number of methoxy groups -OCH3 is 1. The zero-order valence-electron chi connectivity index (χ0n) is 21.2. The molecule has 2 unspecified atom stereocenters. The number of allylic oxidation sites excluding steroid dienone is 1. The van der Waals surface area contributed by atoms with Crippen molar-refractivity contribution in [1.82, 2.24) is 4.31 Å². The molecule has 202 valence electrons. The molecule has 0 saturated carbocycles. The topological polar surface area (TPSA) is 135 Å². The number of phenolic OH excluding ortho intramolecular Hbond substituents is 1. The van der Waals surface area contributed by atoms with E-state index in [1.54, 1.807) is 36.4 Å². The fraction of sp³-hybridized carbons (Fsp3) is 0.423. The minimum Gasteiger partial charge on any atom is -0.506 e. The number of rotatable bonds is 12. The number of sulfonamides is 1. The minimum atomic E-state index is -3.88. The quantitative estimate of drug-likeness (QED) is 0.354. The van der Waals surface area contributed by atoms with Crippen LogP contribution in [0, 0.1) is 11.8 Å². The molecule has 0 spiro atoms. The number of nitrogens with one attached hydrogen (secondary N) is 1. The molecule has 1 aliphatic rings. The Hall–Kier alpha value is -3.12. The number of hydrogen-bond donors (Lipinski definition) is 3. The van der Waals surface area contributed by atoms with E-state index in [4.69, 9.17) is 14.2 Å². The molecule has 0 fully saturated rings. The predicted octanol–water partition coefficient (Wildman–Crippen LogP) is 2.94. The molecule has 37 heavy (non-hydrogen) atoms. The summed E-state index contributed by atoms with van der Waals surface area (Å²) >= 11 is 0. The molecule has 0 radical (unpaired) electrons. The second-order valence-corrected chi connectivity index (χ2v) is 10.8. The number of aliphatic hydroxyl groups excluding tert-OH is 1. The average molecular weight is 535 g/mol. The smallest absolute Gasteiger partial charge is 0.290 e. The van der Waals surface area contributed by atoms with Gasteiger partial charge in [-0.2, -0.15) is 4.31 Å². The highest BCUT2D eigenvalue weighted by Crippen LogP contribution is 2.30. The fourth-order valence-corrected chi connectivity index (χ4v) is 5.23. The molecular formula is C26H34N2O8S. The van der Waals surface area contributed by atoms with Crippen LogP contribution in [0.4, 0.5) is 5.69 Å². The Kier molecular flexibility index (Phi) is 9.93. The molecule has 1 amide bonds. The lowest BCUT2D eigenvalue weighted by Gasteiger charge is -2.31. The molecular weight excluding hydrogens is 500 g/mol. The van der Waals surface area contributed by atoms with Crippen LogP contribution in [0.5, 0.6) is 11.5 Å². The zero-order chi connectivity index (χ0) is 27.0. The van der Waals surface area contributed by atoms with E-state index < -0.39 is 22.2 Å². The van der Waals surface area contributed by atoms with E-state index in [0.29, 0.717) is 12.2 Å². The largest absolute Gasteiger partial charge is 0.506 e. The van der Waals surface area contributed by atoms with Crippen molar-refractivity contribution >= 4 is 21.6 Å². The summed E-state index contributed by atoms with van der Waals surface area (Å²) in [5, 5.41) is 22.0. The Balaban J connectivity index is 1.66. The number of carbonyl (C=O) groups excluding carboxylic acids is 1. The maximum atomic E-state index is 13.1. The van der Waals surface area contributed by atoms with Gasteiger partial charge in [0.1, 0.15) is 11.5 Å². The van der Waals surface area contributed by atoms with Gasteiger partial charge in [0.25, 0.3) is 5.91 Å². The van der Waals surface area contributed by atoms with E-state index in [1.165, 1.54) is 25.3 Å². The van der Waals surface area contributed by atoms with Crippen molar-refractivity contribution in [2.75, 3.05) is 38.7 Å². The third kappa shape index (κ3) is 7.45. The number of benzene rings is 2. The summed E-state index contributed by atoms with van der Waals surface area (Å²) in [6, 6.07) is 12.4. The van der Waals surface area contributed by atoms with Crippen LogP contribution in [0.25, 0.3) is 0 Å². The second-order valence-electron chi connectivity index (χ2n) is 8.87. The van der Waals surface area contributed by atoms with Crippen LogP contribution >= 0.6 is 0 Å². The van der Waals surface area contributed by atoms with Crippen molar-refractivity contribution in [3.63, 3.8) is 0 Å². The number of amides is 1. The van der Waals surface area contributed by atoms with E-state index in [1.807, 2.05) is 13.8 Å². The predicted molar refractivity (Wildman–Crippen MR) is 137 cm³/mol. The first-order valence-corrected chi connectivity index (χ1v) is 13.4. The van der Waals surface area contributed by atoms with Crippen molar-refractivity contribution in [3.8, 4) is 11.5 Å². The highest BCUT2D eigenvalue weighted by molar-refractivity contribution is 7.89. The van der Waals surface area contributed by atoms with Gasteiger partial charge in [-0.25, -0.2) is 8.42 Å². The SMILES string of the molecule is COc1ccc(S(=O)(=O)N(CCO)CCOC2CC(C(C)C)C=C(C(=O)Nc3ccccc3O)O2)cc1. The van der Waals surface area contributed by atoms with Gasteiger partial charge in [-0.1, -0.05) is 26.0 Å². The van der Waals surface area contributed by atoms with Crippen molar-refractivity contribution in [2.24, 2.45) is 11.8 Å². The summed E-state index contributed by atoms with van der Waals surface area (Å²) in [5.41, 5.74) is 0.254. The first kappa shape index (κ1) is 28.5. The molecule has 1 aliphatic heterocycles. The van der Waals surface area contributed by atoms with Crippen molar-refractivity contribution in [3.05, 3.63) is 60.4 Å². The lowest BCUT2D eigenvalue weighted by atomic mass is 9.90. The number of phenols is 1. The van der Waals surface area contributed by atoms with Gasteiger partial charge in [0.15, 0.2) is 5.76 Å². The van der Waals surface area contributed by atoms with Gasteiger partial charge in [-0.05, 0) is 54.3 Å². The monoisotopic (exact) mass is 534 g/mol. The minimum absolute atomic E-state index is 0.0135. The maximum absolute atomic E-state index is 13.1. The first-order chi connectivity index (χ1) is 17.6. The van der Waals surface area contributed by atoms with Crippen LogP contribution in [0.3, 0.4) is 0 Å². The zero-order valence-corrected chi connectivity index (χ0v) is 22.0. The lowest BCUT2D eigenvalue weighted by Crippen LogP contribution is -2.38. The number of aromatic hydroxyl groups is 1. The molecule has 1 heterocycles. The molecule has 0 aliphatic carbocycles. The second kappa shape index (κ2) is 12.9. The molecule has 0 saturated heterocycles. The molecule has 3 N–H and O–H groups in total. The fourth-order valence-electron chi connectivity index (χ4n) is 3.82. The molecule has 2 atom stereocenters. The van der Waals surface area contributed by atoms with Gasteiger partial charge in [-0.3, -0.25) is 4.79 Å². The Morgan fingerprint density at radius 3 is 2.49 bits per heavy atom. The van der Waals surface area contributed by atoms with Crippen molar-refractivity contribution in [2.45, 2.75) is 31.5 Å². The van der Waals surface area contributed by atoms with Gasteiger partial charge >= 0.3 is 0 Å². The number of hydrogen-bond acceptors (Lipinski definition) is 8. The van der Waals surface area contributed by atoms with Gasteiger partial charge in [-0.15, -0.1) is 0 Å². The van der Waals surface area contributed by atoms with Crippen molar-refractivity contribution in [1.29, 1.82) is 0 Å². The van der Waals surface area contributed by atoms with E-state index in [9.17, 15) is 23.4 Å². The van der Waals surface area contributed by atoms with Crippen LogP contribution in [0.2, 0.25) is 0 Å². The Morgan fingerprint density at radius 2 is 1.86 bits per heavy atom. The number of para-hydroxylation sites is 2. The van der Waals surface area contributed by atoms with Gasteiger partial charge < -0.3 is 29.7 Å². The summed E-state index contributed by atoms with van der Waals surface area (Å²) in [5.74, 6) is 0.188. The van der Waals surface area contributed by atoms with E-state index in [2.05, 4.69) is 5.32 Å². The van der Waals surface area contributed by atoms with Crippen LogP contribution in [0.15, 0.2) is 65.3 Å². The number of nitrogens with zero attached hydrogens (tertiary/aromatic N) is 1. The number of ether oxygens (including phenoxy) is 3. The van der Waals surface area contributed by atoms with Crippen LogP contribution in [0.1, 0.15) is 20.3 Å². The maximum Gasteiger partial charge on any atom is 0.290 e. The molecule has 0 aromatic heterocycles. The van der Waals surface area contributed by atoms with E-state index >= 15 is 0 Å². The van der Waals surface area contributed by atoms with Crippen molar-refractivity contribution < 1.29 is 37.6 Å². The highest BCUT2D eigenvalue weighted by Gasteiger charge is 2.30. The normalized spacial score (nSPS) is 17.8. The van der Waals surface area contributed by atoms with Gasteiger partial charge in [0, 0.05) is 19.5 Å². The Labute approximate surface area is 217 Å². The number of carbonyl (C=O) groups is 1. The lowest BCUT2D eigenvalue weighted by molar-refractivity contribution is -0.148. The van der Waals surface area contributed by atoms with Crippen LogP contribution < -0.4 is 10.1 Å². The van der Waals surface area contributed by atoms with E-state index in [0.717, 1.165) is 4.31 Å². The molecule has 11 heteroatoms. The molecule has 3 rings (SSSR count). The van der Waals surface area contributed by atoms with Gasteiger partial charge in [0.05, 0.1) is 30.9 Å². The molecule has 0 bridgehead atoms. The third-order valence-corrected chi connectivity index (χ3v) is 7.92. The Bertz CT molecular complexity index is 1180. The number of aliphatic hydroxyl groups is 1. The Morgan fingerprint density at radius 1 is 1.16 bits per heavy atom. The molecule has 10 nitrogen and oxygen atoms in total. The number of anilines is 1. The third-order valence-electron chi connectivity index (χ3n) is 6.01. The van der Waals surface area contributed by atoms with Gasteiger partial charge in [0.2, 0.25) is 16.3 Å². The summed E-state index contributed by atoms with van der Waals surface area (Å²) in [4.78, 5) is 12.9. The molecule has 2 aromatic carbocycles. The standard InChI is InChI=1S/C26H34N2O8S/c1-18(2)19-16-24(26(31)27-22-6-4-5-7-23(22)30)36-25(17-19)35-15-13-28(12-14-29)37(32,33)21-10-8-20(34-3)9-11-21/h4-11,16,18-19,25,29-30H,12-15,17H2,1-3H3,(H,27,31). The average Bonchev–Trinajstić information content (AvgIpc) is 2.89. The highest BCUT2D eigenvalue weighted by atomic mass is 32.2. The summed E-state index contributed by atoms with van der Waals surface area (Å²) in [6.07, 6.45) is 1.45. The summed E-state index contributed by atoms with van der Waals surface area (Å²) in [7, 11) is -2.39. The first-order valence-electron chi connectivity index (χ1n) is 12.0. The molecule has 2 aromatic rings. The summed E-state index contributed by atoms with van der Waals surface area (Å²) < 4.78 is 44.1. The van der Waals surface area contributed by atoms with Crippen LogP contribution in [-0.4, -0.2) is 68.5 Å².